The van der Waals surface area contributed by atoms with E-state index >= 15 is 0 Å². The van der Waals surface area contributed by atoms with E-state index in [0.29, 0.717) is 23.7 Å². The van der Waals surface area contributed by atoms with Crippen LogP contribution in [0.3, 0.4) is 0 Å². The summed E-state index contributed by atoms with van der Waals surface area (Å²) >= 11 is 0. The highest BCUT2D eigenvalue weighted by Crippen LogP contribution is 2.29. The third kappa shape index (κ3) is 6.17. The van der Waals surface area contributed by atoms with E-state index in [0.717, 1.165) is 5.56 Å². The molecule has 140 valence electrons. The largest absolute Gasteiger partial charge is 0.493 e. The molecule has 0 aliphatic carbocycles. The number of esters is 1. The third-order valence-corrected chi connectivity index (χ3v) is 3.60. The van der Waals surface area contributed by atoms with E-state index in [-0.39, 0.29) is 18.8 Å². The van der Waals surface area contributed by atoms with Crippen LogP contribution in [0, 0.1) is 11.3 Å². The Labute approximate surface area is 158 Å². The van der Waals surface area contributed by atoms with Gasteiger partial charge in [0.2, 0.25) is 0 Å². The first-order valence-electron chi connectivity index (χ1n) is 8.30. The zero-order valence-electron chi connectivity index (χ0n) is 15.3. The maximum Gasteiger partial charge on any atom is 0.348 e. The van der Waals surface area contributed by atoms with Crippen LogP contribution >= 0.6 is 0 Å². The highest BCUT2D eigenvalue weighted by Gasteiger charge is 2.12. The molecule has 0 N–H and O–H groups in total. The molecule has 2 aromatic rings. The number of nitrogens with zero attached hydrogens (tertiary/aromatic N) is 1. The molecule has 27 heavy (non-hydrogen) atoms. The van der Waals surface area contributed by atoms with Gasteiger partial charge >= 0.3 is 5.97 Å². The molecule has 0 aliphatic heterocycles. The number of carbonyl (C=O) groups excluding carboxylic acids is 1. The summed E-state index contributed by atoms with van der Waals surface area (Å²) in [5.74, 6) is 0.377. The average molecular weight is 367 g/mol. The molecule has 0 radical (unpaired) electrons. The van der Waals surface area contributed by atoms with Gasteiger partial charge in [-0.3, -0.25) is 0 Å². The standard InChI is InChI=1S/C21H21NO5/c1-24-10-11-26-21(23)18(14-22)12-17-8-9-19(20(13-17)25-2)27-15-16-6-4-3-5-7-16/h3-9,12-13H,10-11,15H2,1-2H3/b18-12+. The van der Waals surface area contributed by atoms with Gasteiger partial charge in [0.1, 0.15) is 24.9 Å². The minimum atomic E-state index is -0.696. The predicted molar refractivity (Wildman–Crippen MR) is 100 cm³/mol. The van der Waals surface area contributed by atoms with Crippen LogP contribution < -0.4 is 9.47 Å². The van der Waals surface area contributed by atoms with E-state index in [1.54, 1.807) is 18.2 Å². The Kier molecular flexibility index (Phi) is 7.89. The lowest BCUT2D eigenvalue weighted by atomic mass is 10.1. The Morgan fingerprint density at radius 3 is 2.52 bits per heavy atom. The summed E-state index contributed by atoms with van der Waals surface area (Å²) in [6, 6.07) is 16.8. The summed E-state index contributed by atoms with van der Waals surface area (Å²) in [6.45, 7) is 0.761. The number of rotatable bonds is 9. The zero-order valence-corrected chi connectivity index (χ0v) is 15.3. The number of hydrogen-bond acceptors (Lipinski definition) is 6. The second-order valence-corrected chi connectivity index (χ2v) is 5.48. The molecule has 0 bridgehead atoms. The van der Waals surface area contributed by atoms with Gasteiger partial charge in [-0.15, -0.1) is 0 Å². The van der Waals surface area contributed by atoms with Crippen molar-refractivity contribution in [2.45, 2.75) is 6.61 Å². The van der Waals surface area contributed by atoms with E-state index in [4.69, 9.17) is 18.9 Å². The van der Waals surface area contributed by atoms with E-state index < -0.39 is 5.97 Å². The number of benzene rings is 2. The molecule has 2 aromatic carbocycles. The van der Waals surface area contributed by atoms with Crippen molar-refractivity contribution in [3.8, 4) is 17.6 Å². The van der Waals surface area contributed by atoms with Crippen LogP contribution in [-0.2, 0) is 20.9 Å². The monoisotopic (exact) mass is 367 g/mol. The summed E-state index contributed by atoms with van der Waals surface area (Å²) < 4.78 is 20.9. The van der Waals surface area contributed by atoms with E-state index in [1.807, 2.05) is 36.4 Å². The van der Waals surface area contributed by atoms with Gasteiger partial charge < -0.3 is 18.9 Å². The van der Waals surface area contributed by atoms with Crippen molar-refractivity contribution in [1.82, 2.24) is 0 Å². The molecule has 0 spiro atoms. The molecule has 0 fully saturated rings. The molecule has 0 amide bonds. The second kappa shape index (κ2) is 10.6. The number of carbonyl (C=O) groups is 1. The molecular weight excluding hydrogens is 346 g/mol. The summed E-state index contributed by atoms with van der Waals surface area (Å²) in [7, 11) is 3.03. The Morgan fingerprint density at radius 2 is 1.85 bits per heavy atom. The van der Waals surface area contributed by atoms with E-state index in [2.05, 4.69) is 0 Å². The summed E-state index contributed by atoms with van der Waals surface area (Å²) in [5.41, 5.74) is 1.55. The first-order chi connectivity index (χ1) is 13.2. The predicted octanol–water partition coefficient (Wildman–Crippen LogP) is 3.37. The molecule has 0 unspecified atom stereocenters. The Bertz CT molecular complexity index is 824. The van der Waals surface area contributed by atoms with Gasteiger partial charge in [-0.2, -0.15) is 5.26 Å². The van der Waals surface area contributed by atoms with Crippen molar-refractivity contribution in [3.63, 3.8) is 0 Å². The number of hydrogen-bond donors (Lipinski definition) is 0. The summed E-state index contributed by atoms with van der Waals surface area (Å²) in [4.78, 5) is 11.9. The lowest BCUT2D eigenvalue weighted by molar-refractivity contribution is -0.139. The zero-order chi connectivity index (χ0) is 19.5. The Balaban J connectivity index is 2.11. The fourth-order valence-corrected chi connectivity index (χ4v) is 2.23. The van der Waals surface area contributed by atoms with Gasteiger partial charge in [0.15, 0.2) is 11.5 Å². The SMILES string of the molecule is COCCOC(=O)/C(C#N)=C/c1ccc(OCc2ccccc2)c(OC)c1. The van der Waals surface area contributed by atoms with Crippen LogP contribution in [0.15, 0.2) is 54.1 Å². The van der Waals surface area contributed by atoms with Gasteiger partial charge in [0.05, 0.1) is 13.7 Å². The molecule has 0 atom stereocenters. The van der Waals surface area contributed by atoms with Gasteiger partial charge in [-0.25, -0.2) is 4.79 Å². The van der Waals surface area contributed by atoms with Crippen molar-refractivity contribution in [2.75, 3.05) is 27.4 Å². The minimum Gasteiger partial charge on any atom is -0.493 e. The molecular formula is C21H21NO5. The summed E-state index contributed by atoms with van der Waals surface area (Å²) in [5, 5.41) is 9.20. The average Bonchev–Trinajstić information content (AvgIpc) is 2.71. The first kappa shape index (κ1) is 20.0. The number of nitriles is 1. The lowest BCUT2D eigenvalue weighted by Crippen LogP contribution is -2.11. The van der Waals surface area contributed by atoms with Crippen LogP contribution in [0.2, 0.25) is 0 Å². The van der Waals surface area contributed by atoms with Crippen LogP contribution in [0.1, 0.15) is 11.1 Å². The maximum atomic E-state index is 11.9. The quantitative estimate of drug-likeness (QED) is 0.293. The molecule has 6 heteroatoms. The molecule has 2 rings (SSSR count). The first-order valence-corrected chi connectivity index (χ1v) is 8.30. The fraction of sp³-hybridized carbons (Fsp3) is 0.238. The number of ether oxygens (including phenoxy) is 4. The third-order valence-electron chi connectivity index (χ3n) is 3.60. The fourth-order valence-electron chi connectivity index (χ4n) is 2.23. The Morgan fingerprint density at radius 1 is 1.07 bits per heavy atom. The van der Waals surface area contributed by atoms with Gasteiger partial charge in [0, 0.05) is 7.11 Å². The van der Waals surface area contributed by atoms with Crippen molar-refractivity contribution in [1.29, 1.82) is 5.26 Å². The van der Waals surface area contributed by atoms with Gasteiger partial charge in [-0.1, -0.05) is 36.4 Å². The minimum absolute atomic E-state index is 0.0872. The Hall–Kier alpha value is -3.30. The highest BCUT2D eigenvalue weighted by atomic mass is 16.6. The second-order valence-electron chi connectivity index (χ2n) is 5.48. The van der Waals surface area contributed by atoms with E-state index in [1.165, 1.54) is 20.3 Å². The lowest BCUT2D eigenvalue weighted by Gasteiger charge is -2.11. The molecule has 0 heterocycles. The van der Waals surface area contributed by atoms with Crippen LogP contribution in [-0.4, -0.2) is 33.4 Å². The van der Waals surface area contributed by atoms with Crippen LogP contribution in [0.4, 0.5) is 0 Å². The van der Waals surface area contributed by atoms with Crippen LogP contribution in [0.5, 0.6) is 11.5 Å². The van der Waals surface area contributed by atoms with Crippen LogP contribution in [0.25, 0.3) is 6.08 Å². The van der Waals surface area contributed by atoms with Crippen molar-refractivity contribution in [2.24, 2.45) is 0 Å². The maximum absolute atomic E-state index is 11.9. The highest BCUT2D eigenvalue weighted by molar-refractivity contribution is 5.97. The van der Waals surface area contributed by atoms with Crippen molar-refractivity contribution < 1.29 is 23.7 Å². The van der Waals surface area contributed by atoms with Crippen molar-refractivity contribution in [3.05, 3.63) is 65.2 Å². The van der Waals surface area contributed by atoms with Gasteiger partial charge in [-0.05, 0) is 29.3 Å². The van der Waals surface area contributed by atoms with E-state index in [9.17, 15) is 10.1 Å². The van der Waals surface area contributed by atoms with Gasteiger partial charge in [0.25, 0.3) is 0 Å². The molecule has 0 saturated carbocycles. The number of methoxy groups -OCH3 is 2. The summed E-state index contributed by atoms with van der Waals surface area (Å²) in [6.07, 6.45) is 1.44. The normalized spacial score (nSPS) is 10.8. The molecule has 6 nitrogen and oxygen atoms in total. The van der Waals surface area contributed by atoms with Crippen molar-refractivity contribution >= 4 is 12.0 Å². The topological polar surface area (TPSA) is 77.8 Å². The molecule has 0 aromatic heterocycles. The molecule has 0 saturated heterocycles. The smallest absolute Gasteiger partial charge is 0.348 e. The molecule has 0 aliphatic rings.